The van der Waals surface area contributed by atoms with Gasteiger partial charge in [0, 0.05) is 25.2 Å². The number of hydrogen-bond donors (Lipinski definition) is 2. The minimum atomic E-state index is -0.0435. The van der Waals surface area contributed by atoms with Crippen LogP contribution in [0.3, 0.4) is 0 Å². The maximum Gasteiger partial charge on any atom is 0.315 e. The van der Waals surface area contributed by atoms with Crippen LogP contribution in [0.25, 0.3) is 5.65 Å². The minimum Gasteiger partial charge on any atom is -0.338 e. The molecule has 0 spiro atoms. The summed E-state index contributed by atoms with van der Waals surface area (Å²) >= 11 is 0. The molecule has 2 heterocycles. The van der Waals surface area contributed by atoms with Crippen LogP contribution < -0.4 is 10.6 Å². The van der Waals surface area contributed by atoms with Crippen molar-refractivity contribution in [1.82, 2.24) is 25.2 Å². The Kier molecular flexibility index (Phi) is 4.88. The molecule has 2 aromatic rings. The molecule has 6 nitrogen and oxygen atoms in total. The van der Waals surface area contributed by atoms with Crippen LogP contribution in [0.15, 0.2) is 24.4 Å². The third-order valence-corrected chi connectivity index (χ3v) is 4.19. The molecule has 0 aromatic carbocycles. The number of hydrogen-bond acceptors (Lipinski definition) is 3. The molecule has 1 saturated carbocycles. The summed E-state index contributed by atoms with van der Waals surface area (Å²) < 4.78 is 1.99. The van der Waals surface area contributed by atoms with Crippen molar-refractivity contribution >= 4 is 11.7 Å². The van der Waals surface area contributed by atoms with Crippen molar-refractivity contribution in [1.29, 1.82) is 0 Å². The van der Waals surface area contributed by atoms with Crippen molar-refractivity contribution in [3.05, 3.63) is 30.2 Å². The molecule has 0 radical (unpaired) electrons. The standard InChI is InChI=1S/C16H23N5O/c22-16(18-13-7-2-1-3-8-13)17-11-6-10-15-20-19-14-9-4-5-12-21(14)15/h4-5,9,12-13H,1-3,6-8,10-11H2,(H2,17,18,22). The lowest BCUT2D eigenvalue weighted by Crippen LogP contribution is -2.43. The first kappa shape index (κ1) is 14.8. The van der Waals surface area contributed by atoms with Gasteiger partial charge in [-0.25, -0.2) is 4.79 Å². The maximum absolute atomic E-state index is 11.8. The highest BCUT2D eigenvalue weighted by atomic mass is 16.2. The van der Waals surface area contributed by atoms with E-state index in [1.165, 1.54) is 19.3 Å². The van der Waals surface area contributed by atoms with E-state index < -0.39 is 0 Å². The van der Waals surface area contributed by atoms with Crippen LogP contribution in [-0.4, -0.2) is 33.2 Å². The van der Waals surface area contributed by atoms with Crippen LogP contribution >= 0.6 is 0 Å². The molecule has 0 bridgehead atoms. The first-order valence-corrected chi connectivity index (χ1v) is 8.16. The van der Waals surface area contributed by atoms with E-state index in [2.05, 4.69) is 20.8 Å². The molecule has 0 atom stereocenters. The summed E-state index contributed by atoms with van der Waals surface area (Å²) in [7, 11) is 0. The van der Waals surface area contributed by atoms with Gasteiger partial charge in [0.25, 0.3) is 0 Å². The molecule has 2 amide bonds. The number of fused-ring (bicyclic) bond motifs is 1. The SMILES string of the molecule is O=C(NCCCc1nnc2ccccn12)NC1CCCCC1. The maximum atomic E-state index is 11.8. The fourth-order valence-electron chi connectivity index (χ4n) is 2.99. The summed E-state index contributed by atoms with van der Waals surface area (Å²) in [4.78, 5) is 11.8. The van der Waals surface area contributed by atoms with E-state index in [0.29, 0.717) is 12.6 Å². The second-order valence-corrected chi connectivity index (χ2v) is 5.88. The quantitative estimate of drug-likeness (QED) is 0.832. The fourth-order valence-corrected chi connectivity index (χ4v) is 2.99. The Bertz CT molecular complexity index is 618. The molecular formula is C16H23N5O. The van der Waals surface area contributed by atoms with Crippen molar-refractivity contribution < 1.29 is 4.79 Å². The zero-order chi connectivity index (χ0) is 15.2. The molecule has 1 aliphatic carbocycles. The summed E-state index contributed by atoms with van der Waals surface area (Å²) in [6.45, 7) is 0.653. The Morgan fingerprint density at radius 3 is 2.95 bits per heavy atom. The van der Waals surface area contributed by atoms with Crippen LogP contribution in [0.5, 0.6) is 0 Å². The average Bonchev–Trinajstić information content (AvgIpc) is 2.96. The van der Waals surface area contributed by atoms with Gasteiger partial charge in [0.2, 0.25) is 0 Å². The fraction of sp³-hybridized carbons (Fsp3) is 0.562. The van der Waals surface area contributed by atoms with Crippen molar-refractivity contribution in [2.24, 2.45) is 0 Å². The van der Waals surface area contributed by atoms with E-state index in [1.807, 2.05) is 28.8 Å². The zero-order valence-corrected chi connectivity index (χ0v) is 12.8. The normalized spacial score (nSPS) is 15.8. The molecular weight excluding hydrogens is 278 g/mol. The van der Waals surface area contributed by atoms with Crippen molar-refractivity contribution in [3.8, 4) is 0 Å². The molecule has 0 unspecified atom stereocenters. The Balaban J connectivity index is 1.39. The number of amides is 2. The van der Waals surface area contributed by atoms with Gasteiger partial charge in [0.05, 0.1) is 0 Å². The van der Waals surface area contributed by atoms with Gasteiger partial charge in [-0.3, -0.25) is 4.40 Å². The Morgan fingerprint density at radius 1 is 1.23 bits per heavy atom. The number of urea groups is 1. The Morgan fingerprint density at radius 2 is 2.09 bits per heavy atom. The Labute approximate surface area is 130 Å². The second-order valence-electron chi connectivity index (χ2n) is 5.88. The van der Waals surface area contributed by atoms with E-state index in [1.54, 1.807) is 0 Å². The topological polar surface area (TPSA) is 71.3 Å². The molecule has 2 aromatic heterocycles. The minimum absolute atomic E-state index is 0.0435. The summed E-state index contributed by atoms with van der Waals surface area (Å²) in [5.74, 6) is 0.935. The largest absolute Gasteiger partial charge is 0.338 e. The first-order valence-electron chi connectivity index (χ1n) is 8.16. The Hall–Kier alpha value is -2.11. The van der Waals surface area contributed by atoms with Crippen LogP contribution in [0.4, 0.5) is 4.79 Å². The predicted molar refractivity (Wildman–Crippen MR) is 84.7 cm³/mol. The number of carbonyl (C=O) groups excluding carboxylic acids is 1. The lowest BCUT2D eigenvalue weighted by Gasteiger charge is -2.22. The smallest absolute Gasteiger partial charge is 0.315 e. The highest BCUT2D eigenvalue weighted by Crippen LogP contribution is 2.17. The summed E-state index contributed by atoms with van der Waals surface area (Å²) in [6, 6.07) is 6.17. The lowest BCUT2D eigenvalue weighted by atomic mass is 9.96. The average molecular weight is 301 g/mol. The van der Waals surface area contributed by atoms with Gasteiger partial charge < -0.3 is 10.6 Å². The van der Waals surface area contributed by atoms with Gasteiger partial charge in [-0.15, -0.1) is 10.2 Å². The van der Waals surface area contributed by atoms with Crippen molar-refractivity contribution in [2.75, 3.05) is 6.54 Å². The molecule has 22 heavy (non-hydrogen) atoms. The first-order chi connectivity index (χ1) is 10.8. The molecule has 1 aliphatic rings. The van der Waals surface area contributed by atoms with E-state index in [9.17, 15) is 4.79 Å². The van der Waals surface area contributed by atoms with E-state index in [0.717, 1.165) is 37.2 Å². The van der Waals surface area contributed by atoms with E-state index >= 15 is 0 Å². The second kappa shape index (κ2) is 7.24. The van der Waals surface area contributed by atoms with Gasteiger partial charge in [0.1, 0.15) is 5.82 Å². The highest BCUT2D eigenvalue weighted by Gasteiger charge is 2.15. The molecule has 6 heteroatoms. The van der Waals surface area contributed by atoms with Crippen molar-refractivity contribution in [2.45, 2.75) is 51.0 Å². The molecule has 1 fully saturated rings. The molecule has 0 aliphatic heterocycles. The molecule has 3 rings (SSSR count). The van der Waals surface area contributed by atoms with Crippen LogP contribution in [0.2, 0.25) is 0 Å². The number of rotatable bonds is 5. The van der Waals surface area contributed by atoms with Crippen molar-refractivity contribution in [3.63, 3.8) is 0 Å². The third-order valence-electron chi connectivity index (χ3n) is 4.19. The van der Waals surface area contributed by atoms with Gasteiger partial charge in [0.15, 0.2) is 5.65 Å². The van der Waals surface area contributed by atoms with Crippen LogP contribution in [-0.2, 0) is 6.42 Å². The number of carbonyl (C=O) groups is 1. The number of pyridine rings is 1. The number of aromatic nitrogens is 3. The summed E-state index contributed by atoms with van der Waals surface area (Å²) in [5.41, 5.74) is 0.862. The van der Waals surface area contributed by atoms with Gasteiger partial charge in [-0.1, -0.05) is 25.3 Å². The number of nitrogens with zero attached hydrogens (tertiary/aromatic N) is 3. The van der Waals surface area contributed by atoms with E-state index in [-0.39, 0.29) is 6.03 Å². The monoisotopic (exact) mass is 301 g/mol. The highest BCUT2D eigenvalue weighted by molar-refractivity contribution is 5.74. The van der Waals surface area contributed by atoms with Gasteiger partial charge >= 0.3 is 6.03 Å². The third kappa shape index (κ3) is 3.75. The molecule has 118 valence electrons. The number of aryl methyl sites for hydroxylation is 1. The molecule has 0 saturated heterocycles. The number of nitrogens with one attached hydrogen (secondary N) is 2. The predicted octanol–water partition coefficient (Wildman–Crippen LogP) is 2.29. The summed E-state index contributed by atoms with van der Waals surface area (Å²) in [5, 5.41) is 14.3. The zero-order valence-electron chi connectivity index (χ0n) is 12.8. The van der Waals surface area contributed by atoms with Crippen LogP contribution in [0, 0.1) is 0 Å². The lowest BCUT2D eigenvalue weighted by molar-refractivity contribution is 0.232. The molecule has 2 N–H and O–H groups in total. The van der Waals surface area contributed by atoms with Crippen LogP contribution in [0.1, 0.15) is 44.3 Å². The summed E-state index contributed by atoms with van der Waals surface area (Å²) in [6.07, 6.45) is 9.59. The van der Waals surface area contributed by atoms with Gasteiger partial charge in [-0.2, -0.15) is 0 Å². The van der Waals surface area contributed by atoms with E-state index in [4.69, 9.17) is 0 Å². The van der Waals surface area contributed by atoms with Gasteiger partial charge in [-0.05, 0) is 31.4 Å².